The molecular weight excluding hydrogens is 367 g/mol. The lowest BCUT2D eigenvalue weighted by Gasteiger charge is -2.09. The topological polar surface area (TPSA) is 111 Å². The smallest absolute Gasteiger partial charge is 0.303 e. The van der Waals surface area contributed by atoms with Crippen molar-refractivity contribution >= 4 is 35.0 Å². The van der Waals surface area contributed by atoms with Crippen LogP contribution in [0.1, 0.15) is 40.2 Å². The molecule has 2 N–H and O–H groups in total. The van der Waals surface area contributed by atoms with Crippen molar-refractivity contribution in [3.63, 3.8) is 0 Å². The highest BCUT2D eigenvalue weighted by Gasteiger charge is 2.19. The van der Waals surface area contributed by atoms with Crippen molar-refractivity contribution in [2.45, 2.75) is 19.3 Å². The van der Waals surface area contributed by atoms with Gasteiger partial charge in [-0.15, -0.1) is 0 Å². The van der Waals surface area contributed by atoms with Gasteiger partial charge in [0.2, 0.25) is 0 Å². The van der Waals surface area contributed by atoms with Crippen molar-refractivity contribution < 1.29 is 19.8 Å². The number of benzene rings is 1. The molecule has 2 rings (SSSR count). The second-order valence-corrected chi connectivity index (χ2v) is 6.04. The van der Waals surface area contributed by atoms with Gasteiger partial charge in [0.15, 0.2) is 11.5 Å². The average Bonchev–Trinajstić information content (AvgIpc) is 2.57. The fraction of sp³-hybridized carbons (Fsp3) is 0.176. The summed E-state index contributed by atoms with van der Waals surface area (Å²) in [6.45, 7) is 0. The highest BCUT2D eigenvalue weighted by atomic mass is 35.5. The minimum atomic E-state index is -1.14. The molecule has 0 amide bonds. The highest BCUT2D eigenvalue weighted by Crippen LogP contribution is 2.27. The Labute approximate surface area is 153 Å². The van der Waals surface area contributed by atoms with E-state index in [2.05, 4.69) is 4.98 Å². The van der Waals surface area contributed by atoms with Crippen molar-refractivity contribution in [2.75, 3.05) is 0 Å². The monoisotopic (exact) mass is 378 g/mol. The van der Waals surface area contributed by atoms with Gasteiger partial charge in [-0.25, -0.2) is 4.98 Å². The lowest BCUT2D eigenvalue weighted by atomic mass is 10.0. The SMILES string of the molecule is N#Cc1cc(Cc2cc(Cl)ccc2Cl)nc(C(=O)CCC(=O)O)c1O. The summed E-state index contributed by atoms with van der Waals surface area (Å²) in [5.41, 5.74) is 0.521. The van der Waals surface area contributed by atoms with Gasteiger partial charge in [0.05, 0.1) is 12.0 Å². The number of halogens is 2. The largest absolute Gasteiger partial charge is 0.504 e. The fourth-order valence-corrected chi connectivity index (χ4v) is 2.55. The van der Waals surface area contributed by atoms with Crippen LogP contribution >= 0.6 is 23.2 Å². The number of carboxylic acids is 1. The number of pyridine rings is 1. The lowest BCUT2D eigenvalue weighted by Crippen LogP contribution is -2.09. The number of nitrogens with zero attached hydrogens (tertiary/aromatic N) is 2. The first kappa shape index (κ1) is 18.7. The Morgan fingerprint density at radius 2 is 1.92 bits per heavy atom. The lowest BCUT2D eigenvalue weighted by molar-refractivity contribution is -0.136. The van der Waals surface area contributed by atoms with E-state index in [1.165, 1.54) is 6.07 Å². The molecule has 0 aliphatic rings. The second-order valence-electron chi connectivity index (χ2n) is 5.20. The van der Waals surface area contributed by atoms with E-state index in [0.29, 0.717) is 21.3 Å². The molecular formula is C17H12Cl2N2O4. The Balaban J connectivity index is 2.41. The maximum Gasteiger partial charge on any atom is 0.303 e. The highest BCUT2D eigenvalue weighted by molar-refractivity contribution is 6.33. The van der Waals surface area contributed by atoms with Crippen molar-refractivity contribution in [1.29, 1.82) is 5.26 Å². The molecule has 1 aromatic carbocycles. The number of hydrogen-bond donors (Lipinski definition) is 2. The van der Waals surface area contributed by atoms with Gasteiger partial charge in [0.1, 0.15) is 11.8 Å². The number of aromatic nitrogens is 1. The fourth-order valence-electron chi connectivity index (χ4n) is 2.17. The van der Waals surface area contributed by atoms with Gasteiger partial charge in [-0.1, -0.05) is 23.2 Å². The van der Waals surface area contributed by atoms with E-state index in [-0.39, 0.29) is 24.1 Å². The van der Waals surface area contributed by atoms with Gasteiger partial charge in [-0.3, -0.25) is 9.59 Å². The number of nitriles is 1. The van der Waals surface area contributed by atoms with Gasteiger partial charge in [-0.05, 0) is 29.8 Å². The quantitative estimate of drug-likeness (QED) is 0.742. The summed E-state index contributed by atoms with van der Waals surface area (Å²) in [7, 11) is 0. The third kappa shape index (κ3) is 4.69. The van der Waals surface area contributed by atoms with Gasteiger partial charge < -0.3 is 10.2 Å². The Kier molecular flexibility index (Phi) is 5.97. The van der Waals surface area contributed by atoms with Crippen LogP contribution in [0.25, 0.3) is 0 Å². The van der Waals surface area contributed by atoms with E-state index in [1.54, 1.807) is 24.3 Å². The predicted molar refractivity (Wildman–Crippen MR) is 91.1 cm³/mol. The normalized spacial score (nSPS) is 10.3. The van der Waals surface area contributed by atoms with Crippen LogP contribution in [0.15, 0.2) is 24.3 Å². The van der Waals surface area contributed by atoms with Crippen LogP contribution in [0, 0.1) is 11.3 Å². The number of carbonyl (C=O) groups excluding carboxylic acids is 1. The summed E-state index contributed by atoms with van der Waals surface area (Å²) in [6, 6.07) is 8.01. The maximum absolute atomic E-state index is 12.1. The second kappa shape index (κ2) is 7.97. The van der Waals surface area contributed by atoms with Crippen LogP contribution in [0.4, 0.5) is 0 Å². The van der Waals surface area contributed by atoms with Gasteiger partial charge >= 0.3 is 5.97 Å². The van der Waals surface area contributed by atoms with Crippen molar-refractivity contribution in [3.05, 3.63) is 56.8 Å². The summed E-state index contributed by atoms with van der Waals surface area (Å²) in [4.78, 5) is 26.8. The molecule has 1 heterocycles. The Morgan fingerprint density at radius 3 is 2.56 bits per heavy atom. The van der Waals surface area contributed by atoms with Gasteiger partial charge in [0.25, 0.3) is 0 Å². The first-order valence-corrected chi connectivity index (χ1v) is 7.89. The Morgan fingerprint density at radius 1 is 1.20 bits per heavy atom. The molecule has 0 spiro atoms. The first-order valence-electron chi connectivity index (χ1n) is 7.13. The summed E-state index contributed by atoms with van der Waals surface area (Å²) in [6.07, 6.45) is -0.540. The summed E-state index contributed by atoms with van der Waals surface area (Å²) < 4.78 is 0. The Bertz CT molecular complexity index is 891. The zero-order valence-corrected chi connectivity index (χ0v) is 14.3. The minimum absolute atomic E-state index is 0.123. The number of hydrogen-bond acceptors (Lipinski definition) is 5. The van der Waals surface area contributed by atoms with Gasteiger partial charge in [0, 0.05) is 28.6 Å². The van der Waals surface area contributed by atoms with E-state index in [9.17, 15) is 14.7 Å². The van der Waals surface area contributed by atoms with E-state index < -0.39 is 23.9 Å². The number of carboxylic acid groups (broad SMARTS) is 1. The molecule has 128 valence electrons. The van der Waals surface area contributed by atoms with Crippen LogP contribution in [-0.4, -0.2) is 26.9 Å². The number of aromatic hydroxyl groups is 1. The molecule has 6 nitrogen and oxygen atoms in total. The molecule has 0 fully saturated rings. The molecule has 0 aliphatic carbocycles. The van der Waals surface area contributed by atoms with Crippen LogP contribution in [0.3, 0.4) is 0 Å². The number of carbonyl (C=O) groups is 2. The molecule has 0 aliphatic heterocycles. The summed E-state index contributed by atoms with van der Waals surface area (Å²) in [5, 5.41) is 28.7. The summed E-state index contributed by atoms with van der Waals surface area (Å²) in [5.74, 6) is -2.36. The van der Waals surface area contributed by atoms with E-state index in [4.69, 9.17) is 33.6 Å². The number of ketones is 1. The van der Waals surface area contributed by atoms with Crippen LogP contribution in [0.5, 0.6) is 5.75 Å². The molecule has 2 aromatic rings. The molecule has 0 bridgehead atoms. The molecule has 8 heteroatoms. The number of rotatable bonds is 6. The number of Topliss-reactive ketones (excluding diaryl/α,β-unsaturated/α-hetero) is 1. The molecule has 0 saturated heterocycles. The third-order valence-corrected chi connectivity index (χ3v) is 3.98. The number of aliphatic carboxylic acids is 1. The van der Waals surface area contributed by atoms with E-state index in [0.717, 1.165) is 0 Å². The van der Waals surface area contributed by atoms with Crippen molar-refractivity contribution in [1.82, 2.24) is 4.98 Å². The zero-order chi connectivity index (χ0) is 18.6. The summed E-state index contributed by atoms with van der Waals surface area (Å²) >= 11 is 12.0. The molecule has 25 heavy (non-hydrogen) atoms. The standard InChI is InChI=1S/C17H12Cl2N2O4/c18-11-1-2-13(19)9(5-11)6-12-7-10(8-20)17(25)16(21-12)14(22)3-4-15(23)24/h1-2,5,7,25H,3-4,6H2,(H,23,24). The van der Waals surface area contributed by atoms with Gasteiger partial charge in [-0.2, -0.15) is 5.26 Å². The Hall–Kier alpha value is -2.62. The molecule has 0 atom stereocenters. The molecule has 0 unspecified atom stereocenters. The average molecular weight is 379 g/mol. The van der Waals surface area contributed by atoms with Crippen molar-refractivity contribution in [3.8, 4) is 11.8 Å². The molecule has 1 aromatic heterocycles. The van der Waals surface area contributed by atoms with Crippen LogP contribution in [-0.2, 0) is 11.2 Å². The van der Waals surface area contributed by atoms with E-state index >= 15 is 0 Å². The maximum atomic E-state index is 12.1. The minimum Gasteiger partial charge on any atom is -0.504 e. The molecule has 0 saturated carbocycles. The van der Waals surface area contributed by atoms with Crippen molar-refractivity contribution in [2.24, 2.45) is 0 Å². The zero-order valence-electron chi connectivity index (χ0n) is 12.8. The first-order chi connectivity index (χ1) is 11.8. The van der Waals surface area contributed by atoms with Crippen LogP contribution in [0.2, 0.25) is 10.0 Å². The third-order valence-electron chi connectivity index (χ3n) is 3.38. The van der Waals surface area contributed by atoms with Crippen LogP contribution < -0.4 is 0 Å². The molecule has 0 radical (unpaired) electrons. The predicted octanol–water partition coefficient (Wildman–Crippen LogP) is 3.60. The van der Waals surface area contributed by atoms with E-state index in [1.807, 2.05) is 0 Å².